The summed E-state index contributed by atoms with van der Waals surface area (Å²) in [6.45, 7) is 2.13. The molecule has 1 aromatic carbocycles. The number of benzene rings is 1. The monoisotopic (exact) mass is 242 g/mol. The molecule has 94 valence electrons. The summed E-state index contributed by atoms with van der Waals surface area (Å²) >= 11 is 0. The normalized spacial score (nSPS) is 14.9. The van der Waals surface area contributed by atoms with Crippen molar-refractivity contribution in [1.29, 1.82) is 0 Å². The van der Waals surface area contributed by atoms with Gasteiger partial charge in [0.15, 0.2) is 0 Å². The highest BCUT2D eigenvalue weighted by Gasteiger charge is 2.16. The average molecular weight is 242 g/mol. The lowest BCUT2D eigenvalue weighted by Gasteiger charge is -2.28. The lowest BCUT2D eigenvalue weighted by atomic mass is 9.89. The highest BCUT2D eigenvalue weighted by Crippen LogP contribution is 2.25. The van der Waals surface area contributed by atoms with Gasteiger partial charge < -0.3 is 14.2 Å². The maximum absolute atomic E-state index is 6.31. The molecule has 18 heavy (non-hydrogen) atoms. The van der Waals surface area contributed by atoms with Crippen molar-refractivity contribution < 1.29 is 4.74 Å². The van der Waals surface area contributed by atoms with Crippen molar-refractivity contribution in [3.8, 4) is 5.75 Å². The van der Waals surface area contributed by atoms with Crippen molar-refractivity contribution in [2.75, 3.05) is 21.2 Å². The zero-order valence-electron chi connectivity index (χ0n) is 11.4. The van der Waals surface area contributed by atoms with Gasteiger partial charge in [-0.25, -0.2) is 0 Å². The summed E-state index contributed by atoms with van der Waals surface area (Å²) in [5, 5.41) is 1.15. The third-order valence-electron chi connectivity index (χ3n) is 3.56. The van der Waals surface area contributed by atoms with Crippen LogP contribution in [0.5, 0.6) is 5.75 Å². The summed E-state index contributed by atoms with van der Waals surface area (Å²) in [6, 6.07) is 8.38. The van der Waals surface area contributed by atoms with Gasteiger partial charge in [0.1, 0.15) is 13.6 Å². The molecule has 0 aliphatic heterocycles. The van der Waals surface area contributed by atoms with Crippen molar-refractivity contribution in [2.24, 2.45) is 0 Å². The van der Waals surface area contributed by atoms with Crippen LogP contribution in [0.3, 0.4) is 0 Å². The minimum Gasteiger partial charge on any atom is -0.497 e. The Balaban J connectivity index is 2.40. The topological polar surface area (TPSA) is 17.4 Å². The molecule has 1 heterocycles. The summed E-state index contributed by atoms with van der Waals surface area (Å²) in [5.41, 5.74) is 1.14. The van der Waals surface area contributed by atoms with Gasteiger partial charge in [0, 0.05) is 29.1 Å². The van der Waals surface area contributed by atoms with Crippen molar-refractivity contribution in [3.05, 3.63) is 30.5 Å². The first-order chi connectivity index (χ1) is 8.54. The predicted molar refractivity (Wildman–Crippen MR) is 76.4 cm³/mol. The Hall–Kier alpha value is -1.42. The SMILES string of the molecule is [B][C@H]([C@H](C)N(C)C)n1ccc2cc(OC)ccc21. The van der Waals surface area contributed by atoms with Gasteiger partial charge in [-0.2, -0.15) is 0 Å². The molecule has 2 aromatic rings. The molecule has 0 bridgehead atoms. The fraction of sp³-hybridized carbons (Fsp3) is 0.429. The summed E-state index contributed by atoms with van der Waals surface area (Å²) in [6.07, 6.45) is 2.04. The Morgan fingerprint density at radius 1 is 1.28 bits per heavy atom. The molecular weight excluding hydrogens is 223 g/mol. The lowest BCUT2D eigenvalue weighted by molar-refractivity contribution is 0.277. The molecular formula is C14H19BN2O. The molecule has 0 N–H and O–H groups in total. The van der Waals surface area contributed by atoms with Crippen LogP contribution in [0.1, 0.15) is 12.9 Å². The molecule has 0 aliphatic carbocycles. The third kappa shape index (κ3) is 2.25. The number of hydrogen-bond acceptors (Lipinski definition) is 2. The molecule has 0 aliphatic rings. The van der Waals surface area contributed by atoms with Gasteiger partial charge in [-0.3, -0.25) is 0 Å². The Bertz CT molecular complexity index is 536. The number of hydrogen-bond donors (Lipinski definition) is 0. The number of methoxy groups -OCH3 is 1. The second kappa shape index (κ2) is 5.06. The van der Waals surface area contributed by atoms with Crippen LogP contribution in [0.4, 0.5) is 0 Å². The van der Waals surface area contributed by atoms with E-state index in [-0.39, 0.29) is 12.0 Å². The number of likely N-dealkylation sites (N-methyl/N-ethyl adjacent to an activating group) is 1. The average Bonchev–Trinajstić information content (AvgIpc) is 2.79. The van der Waals surface area contributed by atoms with Gasteiger partial charge in [0.05, 0.1) is 7.11 Å². The largest absolute Gasteiger partial charge is 0.497 e. The summed E-state index contributed by atoms with van der Waals surface area (Å²) < 4.78 is 7.34. The van der Waals surface area contributed by atoms with Crippen LogP contribution < -0.4 is 4.74 Å². The molecule has 0 spiro atoms. The molecule has 2 atom stereocenters. The molecule has 3 nitrogen and oxygen atoms in total. The number of aromatic nitrogens is 1. The molecule has 0 amide bonds. The molecule has 0 saturated heterocycles. The number of nitrogens with zero attached hydrogens (tertiary/aromatic N) is 2. The number of ether oxygens (including phenoxy) is 1. The first-order valence-electron chi connectivity index (χ1n) is 6.11. The standard InChI is InChI=1S/C14H19BN2O/c1-10(16(2)3)14(15)17-8-7-11-9-12(18-4)5-6-13(11)17/h5-10,14H,1-4H3/t10-,14-/m0/s1. The number of fused-ring (bicyclic) bond motifs is 1. The summed E-state index contributed by atoms with van der Waals surface area (Å²) in [5.74, 6) is 0.806. The van der Waals surface area contributed by atoms with E-state index in [4.69, 9.17) is 12.6 Å². The summed E-state index contributed by atoms with van der Waals surface area (Å²) in [7, 11) is 12.1. The second-order valence-electron chi connectivity index (χ2n) is 4.84. The van der Waals surface area contributed by atoms with Crippen LogP contribution in [0.25, 0.3) is 10.9 Å². The van der Waals surface area contributed by atoms with E-state index in [9.17, 15) is 0 Å². The zero-order chi connectivity index (χ0) is 13.3. The molecule has 0 fully saturated rings. The quantitative estimate of drug-likeness (QED) is 0.765. The van der Waals surface area contributed by atoms with Crippen molar-refractivity contribution >= 4 is 18.7 Å². The van der Waals surface area contributed by atoms with Crippen LogP contribution in [-0.2, 0) is 0 Å². The van der Waals surface area contributed by atoms with Gasteiger partial charge in [0.2, 0.25) is 0 Å². The Kier molecular flexibility index (Phi) is 3.67. The Morgan fingerprint density at radius 2 is 2.00 bits per heavy atom. The lowest BCUT2D eigenvalue weighted by Crippen LogP contribution is -2.34. The third-order valence-corrected chi connectivity index (χ3v) is 3.56. The minimum atomic E-state index is -0.0640. The highest BCUT2D eigenvalue weighted by molar-refractivity contribution is 6.11. The van der Waals surface area contributed by atoms with Crippen molar-refractivity contribution in [3.63, 3.8) is 0 Å². The van der Waals surface area contributed by atoms with E-state index in [1.165, 1.54) is 0 Å². The maximum Gasteiger partial charge on any atom is 0.119 e. The van der Waals surface area contributed by atoms with Crippen LogP contribution in [-0.4, -0.2) is 44.6 Å². The fourth-order valence-electron chi connectivity index (χ4n) is 2.07. The van der Waals surface area contributed by atoms with Gasteiger partial charge in [-0.1, -0.05) is 0 Å². The van der Waals surface area contributed by atoms with Crippen molar-refractivity contribution in [2.45, 2.75) is 18.9 Å². The molecule has 2 rings (SSSR count). The van der Waals surface area contributed by atoms with Crippen LogP contribution >= 0.6 is 0 Å². The van der Waals surface area contributed by atoms with E-state index >= 15 is 0 Å². The molecule has 1 aromatic heterocycles. The predicted octanol–water partition coefficient (Wildman–Crippen LogP) is 2.27. The van der Waals surface area contributed by atoms with Gasteiger partial charge >= 0.3 is 0 Å². The molecule has 0 saturated carbocycles. The van der Waals surface area contributed by atoms with Gasteiger partial charge in [0.25, 0.3) is 0 Å². The smallest absolute Gasteiger partial charge is 0.119 e. The van der Waals surface area contributed by atoms with Crippen LogP contribution in [0.2, 0.25) is 0 Å². The summed E-state index contributed by atoms with van der Waals surface area (Å²) in [4.78, 5) is 2.13. The number of rotatable bonds is 4. The highest BCUT2D eigenvalue weighted by atomic mass is 16.5. The molecule has 0 unspecified atom stereocenters. The van der Waals surface area contributed by atoms with Gasteiger partial charge in [-0.05, 0) is 45.3 Å². The Morgan fingerprint density at radius 3 is 2.61 bits per heavy atom. The zero-order valence-corrected chi connectivity index (χ0v) is 11.4. The van der Waals surface area contributed by atoms with E-state index in [1.807, 2.05) is 32.4 Å². The van der Waals surface area contributed by atoms with E-state index in [2.05, 4.69) is 28.5 Å². The first-order valence-corrected chi connectivity index (χ1v) is 6.11. The van der Waals surface area contributed by atoms with E-state index < -0.39 is 0 Å². The molecule has 4 heteroatoms. The molecule has 2 radical (unpaired) electrons. The van der Waals surface area contributed by atoms with E-state index in [0.717, 1.165) is 16.7 Å². The van der Waals surface area contributed by atoms with Crippen molar-refractivity contribution in [1.82, 2.24) is 9.47 Å². The first kappa shape index (κ1) is 13.0. The second-order valence-corrected chi connectivity index (χ2v) is 4.84. The fourth-order valence-corrected chi connectivity index (χ4v) is 2.07. The minimum absolute atomic E-state index is 0.0640. The maximum atomic E-state index is 6.31. The van der Waals surface area contributed by atoms with Crippen LogP contribution in [0.15, 0.2) is 30.5 Å². The van der Waals surface area contributed by atoms with E-state index in [0.29, 0.717) is 0 Å². The van der Waals surface area contributed by atoms with Gasteiger partial charge in [-0.15, -0.1) is 0 Å². The van der Waals surface area contributed by atoms with E-state index in [1.54, 1.807) is 7.11 Å². The van der Waals surface area contributed by atoms with Crippen LogP contribution in [0, 0.1) is 0 Å². The Labute approximate surface area is 110 Å².